The van der Waals surface area contributed by atoms with Gasteiger partial charge in [0.2, 0.25) is 5.96 Å². The molecule has 12 heavy (non-hydrogen) atoms. The van der Waals surface area contributed by atoms with Crippen molar-refractivity contribution in [2.45, 2.75) is 13.0 Å². The average molecular weight is 171 g/mol. The van der Waals surface area contributed by atoms with Gasteiger partial charge in [0.15, 0.2) is 0 Å². The van der Waals surface area contributed by atoms with Gasteiger partial charge in [-0.05, 0) is 14.0 Å². The van der Waals surface area contributed by atoms with Gasteiger partial charge in [0.1, 0.15) is 0 Å². The minimum atomic E-state index is 0.440. The van der Waals surface area contributed by atoms with Crippen molar-refractivity contribution in [3.63, 3.8) is 0 Å². The molecule has 0 saturated carbocycles. The van der Waals surface area contributed by atoms with E-state index >= 15 is 0 Å². The van der Waals surface area contributed by atoms with E-state index in [9.17, 15) is 0 Å². The summed E-state index contributed by atoms with van der Waals surface area (Å²) in [5, 5.41) is 3.47. The Kier molecular flexibility index (Phi) is 2.75. The fourth-order valence-electron chi connectivity index (χ4n) is 1.34. The van der Waals surface area contributed by atoms with E-state index in [0.717, 1.165) is 19.6 Å². The SMILES string of the molecule is CC1CN(C(N)=NN)CCN1C. The summed E-state index contributed by atoms with van der Waals surface area (Å²) in [7, 11) is 2.11. The summed E-state index contributed by atoms with van der Waals surface area (Å²) in [6, 6.07) is 0.513. The summed E-state index contributed by atoms with van der Waals surface area (Å²) in [5.74, 6) is 5.53. The average Bonchev–Trinajstić information content (AvgIpc) is 2.08. The molecule has 0 aromatic heterocycles. The van der Waals surface area contributed by atoms with Gasteiger partial charge in [-0.3, -0.25) is 0 Å². The third-order valence-corrected chi connectivity index (χ3v) is 2.42. The fourth-order valence-corrected chi connectivity index (χ4v) is 1.34. The predicted octanol–water partition coefficient (Wildman–Crippen LogP) is -1.19. The van der Waals surface area contributed by atoms with E-state index in [4.69, 9.17) is 11.6 Å². The monoisotopic (exact) mass is 171 g/mol. The predicted molar refractivity (Wildman–Crippen MR) is 49.5 cm³/mol. The quantitative estimate of drug-likeness (QED) is 0.208. The maximum atomic E-state index is 5.59. The Balaban J connectivity index is 2.51. The molecular weight excluding hydrogens is 154 g/mol. The zero-order valence-corrected chi connectivity index (χ0v) is 7.70. The number of hydrazone groups is 1. The third kappa shape index (κ3) is 1.79. The molecule has 1 unspecified atom stereocenters. The van der Waals surface area contributed by atoms with Crippen LogP contribution in [-0.4, -0.2) is 48.5 Å². The second kappa shape index (κ2) is 3.62. The van der Waals surface area contributed by atoms with Crippen LogP contribution < -0.4 is 11.6 Å². The molecule has 0 aromatic rings. The molecule has 0 aromatic carbocycles. The molecule has 5 heteroatoms. The molecule has 1 saturated heterocycles. The first-order valence-electron chi connectivity index (χ1n) is 4.13. The Bertz CT molecular complexity index is 179. The largest absolute Gasteiger partial charge is 0.368 e. The van der Waals surface area contributed by atoms with E-state index in [1.165, 1.54) is 0 Å². The van der Waals surface area contributed by atoms with E-state index < -0.39 is 0 Å². The number of rotatable bonds is 0. The number of guanidine groups is 1. The number of likely N-dealkylation sites (N-methyl/N-ethyl adjacent to an activating group) is 1. The van der Waals surface area contributed by atoms with Crippen molar-refractivity contribution in [1.82, 2.24) is 9.80 Å². The van der Waals surface area contributed by atoms with E-state index in [2.05, 4.69) is 24.0 Å². The van der Waals surface area contributed by atoms with Gasteiger partial charge >= 0.3 is 0 Å². The van der Waals surface area contributed by atoms with Gasteiger partial charge < -0.3 is 21.4 Å². The molecule has 5 nitrogen and oxygen atoms in total. The molecule has 0 aliphatic carbocycles. The summed E-state index contributed by atoms with van der Waals surface area (Å²) < 4.78 is 0. The van der Waals surface area contributed by atoms with E-state index in [0.29, 0.717) is 12.0 Å². The maximum Gasteiger partial charge on any atom is 0.213 e. The molecule has 1 aliphatic rings. The van der Waals surface area contributed by atoms with Crippen LogP contribution in [0.4, 0.5) is 0 Å². The van der Waals surface area contributed by atoms with Crippen molar-refractivity contribution in [2.24, 2.45) is 16.7 Å². The Hall–Kier alpha value is -0.970. The van der Waals surface area contributed by atoms with Crippen LogP contribution in [-0.2, 0) is 0 Å². The van der Waals surface area contributed by atoms with Crippen molar-refractivity contribution < 1.29 is 0 Å². The summed E-state index contributed by atoms with van der Waals surface area (Å²) in [6.07, 6.45) is 0. The van der Waals surface area contributed by atoms with Gasteiger partial charge in [-0.25, -0.2) is 0 Å². The lowest BCUT2D eigenvalue weighted by atomic mass is 10.2. The van der Waals surface area contributed by atoms with Crippen LogP contribution in [0.2, 0.25) is 0 Å². The Morgan fingerprint density at radius 1 is 1.50 bits per heavy atom. The maximum absolute atomic E-state index is 5.59. The summed E-state index contributed by atoms with van der Waals surface area (Å²) in [6.45, 7) is 4.99. The molecule has 0 amide bonds. The zero-order valence-electron chi connectivity index (χ0n) is 7.70. The number of nitrogens with two attached hydrogens (primary N) is 2. The van der Waals surface area contributed by atoms with Gasteiger partial charge in [0, 0.05) is 25.7 Å². The van der Waals surface area contributed by atoms with Gasteiger partial charge in [-0.2, -0.15) is 0 Å². The zero-order chi connectivity index (χ0) is 9.14. The lowest BCUT2D eigenvalue weighted by Gasteiger charge is -2.37. The third-order valence-electron chi connectivity index (χ3n) is 2.42. The molecule has 1 rings (SSSR count). The van der Waals surface area contributed by atoms with Gasteiger partial charge in [0.05, 0.1) is 0 Å². The summed E-state index contributed by atoms with van der Waals surface area (Å²) in [4.78, 5) is 4.30. The molecular formula is C7H17N5. The number of nitrogens with zero attached hydrogens (tertiary/aromatic N) is 3. The van der Waals surface area contributed by atoms with Crippen LogP contribution in [0.1, 0.15) is 6.92 Å². The Labute approximate surface area is 73.0 Å². The fraction of sp³-hybridized carbons (Fsp3) is 0.857. The van der Waals surface area contributed by atoms with Crippen molar-refractivity contribution in [3.8, 4) is 0 Å². The first kappa shape index (κ1) is 9.12. The van der Waals surface area contributed by atoms with Crippen LogP contribution in [0.3, 0.4) is 0 Å². The molecule has 1 aliphatic heterocycles. The second-order valence-corrected chi connectivity index (χ2v) is 3.26. The van der Waals surface area contributed by atoms with Crippen molar-refractivity contribution in [3.05, 3.63) is 0 Å². The Morgan fingerprint density at radius 2 is 2.17 bits per heavy atom. The molecule has 1 atom stereocenters. The van der Waals surface area contributed by atoms with Gasteiger partial charge in [-0.1, -0.05) is 0 Å². The number of hydrogen-bond donors (Lipinski definition) is 2. The van der Waals surface area contributed by atoms with E-state index in [1.54, 1.807) is 0 Å². The van der Waals surface area contributed by atoms with Crippen molar-refractivity contribution >= 4 is 5.96 Å². The highest BCUT2D eigenvalue weighted by Crippen LogP contribution is 2.05. The van der Waals surface area contributed by atoms with Crippen molar-refractivity contribution in [2.75, 3.05) is 26.7 Å². The first-order chi connectivity index (χ1) is 5.65. The highest BCUT2D eigenvalue weighted by atomic mass is 15.4. The number of piperazine rings is 1. The smallest absolute Gasteiger partial charge is 0.213 e. The normalized spacial score (nSPS) is 27.7. The van der Waals surface area contributed by atoms with Crippen LogP contribution in [0.25, 0.3) is 0 Å². The van der Waals surface area contributed by atoms with Crippen LogP contribution in [0, 0.1) is 0 Å². The minimum Gasteiger partial charge on any atom is -0.368 e. The Morgan fingerprint density at radius 3 is 2.67 bits per heavy atom. The molecule has 0 radical (unpaired) electrons. The van der Waals surface area contributed by atoms with E-state index in [1.807, 2.05) is 4.90 Å². The van der Waals surface area contributed by atoms with Crippen LogP contribution in [0.5, 0.6) is 0 Å². The highest BCUT2D eigenvalue weighted by molar-refractivity contribution is 5.77. The standard InChI is InChI=1S/C7H17N5/c1-6-5-12(7(8)10-9)4-3-11(6)2/h6H,3-5,9H2,1-2H3,(H2,8,10). The lowest BCUT2D eigenvalue weighted by molar-refractivity contribution is 0.152. The summed E-state index contributed by atoms with van der Waals surface area (Å²) in [5.41, 5.74) is 5.59. The molecule has 0 bridgehead atoms. The topological polar surface area (TPSA) is 70.9 Å². The molecule has 70 valence electrons. The minimum absolute atomic E-state index is 0.440. The van der Waals surface area contributed by atoms with Crippen LogP contribution >= 0.6 is 0 Å². The van der Waals surface area contributed by atoms with Gasteiger partial charge in [0.25, 0.3) is 0 Å². The van der Waals surface area contributed by atoms with Crippen LogP contribution in [0.15, 0.2) is 5.10 Å². The lowest BCUT2D eigenvalue weighted by Crippen LogP contribution is -2.54. The molecule has 4 N–H and O–H groups in total. The van der Waals surface area contributed by atoms with Crippen molar-refractivity contribution in [1.29, 1.82) is 0 Å². The number of hydrogen-bond acceptors (Lipinski definition) is 3. The van der Waals surface area contributed by atoms with Gasteiger partial charge in [-0.15, -0.1) is 5.10 Å². The van der Waals surface area contributed by atoms with E-state index in [-0.39, 0.29) is 0 Å². The second-order valence-electron chi connectivity index (χ2n) is 3.26. The molecule has 1 fully saturated rings. The molecule has 0 spiro atoms. The first-order valence-corrected chi connectivity index (χ1v) is 4.13. The summed E-state index contributed by atoms with van der Waals surface area (Å²) >= 11 is 0. The highest BCUT2D eigenvalue weighted by Gasteiger charge is 2.21. The molecule has 1 heterocycles.